The number of benzene rings is 1. The molecular weight excluding hydrogens is 347 g/mol. The zero-order valence-electron chi connectivity index (χ0n) is 14.7. The lowest BCUT2D eigenvalue weighted by molar-refractivity contribution is -0.137. The number of carbonyl (C=O) groups excluding carboxylic acids is 1. The van der Waals surface area contributed by atoms with Crippen molar-refractivity contribution in [2.24, 2.45) is 0 Å². The van der Waals surface area contributed by atoms with Crippen molar-refractivity contribution in [1.82, 2.24) is 15.5 Å². The first kappa shape index (κ1) is 20.5. The fourth-order valence-electron chi connectivity index (χ4n) is 2.96. The third-order valence-electron chi connectivity index (χ3n) is 4.40. The van der Waals surface area contributed by atoms with Crippen LogP contribution in [0.2, 0.25) is 0 Å². The van der Waals surface area contributed by atoms with E-state index < -0.39 is 23.9 Å². The summed E-state index contributed by atoms with van der Waals surface area (Å²) in [6.45, 7) is 2.99. The number of aliphatic hydroxyl groups excluding tert-OH is 1. The molecule has 0 bridgehead atoms. The van der Waals surface area contributed by atoms with E-state index >= 15 is 0 Å². The average Bonchev–Trinajstić information content (AvgIpc) is 2.60. The summed E-state index contributed by atoms with van der Waals surface area (Å²) in [5, 5.41) is 15.2. The zero-order chi connectivity index (χ0) is 19.0. The van der Waals surface area contributed by atoms with Gasteiger partial charge in [-0.15, -0.1) is 0 Å². The number of likely N-dealkylation sites (tertiary alicyclic amines) is 1. The number of nitrogens with one attached hydrogen (secondary N) is 2. The zero-order valence-corrected chi connectivity index (χ0v) is 14.7. The molecule has 3 N–H and O–H groups in total. The molecule has 26 heavy (non-hydrogen) atoms. The Hall–Kier alpha value is -1.80. The van der Waals surface area contributed by atoms with Crippen LogP contribution in [0.4, 0.5) is 18.0 Å². The van der Waals surface area contributed by atoms with Crippen LogP contribution in [0.1, 0.15) is 30.4 Å². The predicted molar refractivity (Wildman–Crippen MR) is 92.8 cm³/mol. The first-order valence-corrected chi connectivity index (χ1v) is 8.93. The van der Waals surface area contributed by atoms with Gasteiger partial charge in [-0.05, 0) is 50.0 Å². The summed E-state index contributed by atoms with van der Waals surface area (Å²) in [6.07, 6.45) is -1.01. The van der Waals surface area contributed by atoms with Crippen LogP contribution in [0, 0.1) is 0 Å². The number of aliphatic hydroxyl groups is 1. The number of halogens is 3. The Balaban J connectivity index is 1.61. The summed E-state index contributed by atoms with van der Waals surface area (Å²) in [7, 11) is 0. The molecule has 1 aliphatic heterocycles. The molecule has 8 heteroatoms. The lowest BCUT2D eigenvalue weighted by Gasteiger charge is -2.28. The van der Waals surface area contributed by atoms with Gasteiger partial charge in [-0.3, -0.25) is 0 Å². The fourth-order valence-corrected chi connectivity index (χ4v) is 2.96. The number of hydrogen-bond donors (Lipinski definition) is 3. The summed E-state index contributed by atoms with van der Waals surface area (Å²) in [5.74, 6) is 0. The highest BCUT2D eigenvalue weighted by atomic mass is 19.4. The van der Waals surface area contributed by atoms with Gasteiger partial charge in [0.15, 0.2) is 0 Å². The van der Waals surface area contributed by atoms with E-state index in [-0.39, 0.29) is 6.54 Å². The van der Waals surface area contributed by atoms with Gasteiger partial charge < -0.3 is 20.6 Å². The van der Waals surface area contributed by atoms with Gasteiger partial charge in [0.1, 0.15) is 0 Å². The van der Waals surface area contributed by atoms with E-state index in [2.05, 4.69) is 15.5 Å². The molecule has 1 aromatic carbocycles. The van der Waals surface area contributed by atoms with Gasteiger partial charge in [0.25, 0.3) is 0 Å². The Morgan fingerprint density at radius 1 is 1.12 bits per heavy atom. The van der Waals surface area contributed by atoms with Crippen molar-refractivity contribution in [3.63, 3.8) is 0 Å². The quantitative estimate of drug-likeness (QED) is 0.688. The van der Waals surface area contributed by atoms with E-state index in [9.17, 15) is 23.1 Å². The lowest BCUT2D eigenvalue weighted by atomic mass is 10.1. The second kappa shape index (κ2) is 9.78. The Labute approximate surface area is 151 Å². The summed E-state index contributed by atoms with van der Waals surface area (Å²) in [5.41, 5.74) is 0.0260. The minimum Gasteiger partial charge on any atom is -0.390 e. The van der Waals surface area contributed by atoms with Crippen LogP contribution in [0.5, 0.6) is 0 Å². The molecule has 1 atom stereocenters. The molecule has 146 valence electrons. The highest BCUT2D eigenvalue weighted by molar-refractivity contribution is 5.73. The van der Waals surface area contributed by atoms with Crippen LogP contribution >= 0.6 is 0 Å². The highest BCUT2D eigenvalue weighted by Crippen LogP contribution is 2.29. The number of urea groups is 1. The van der Waals surface area contributed by atoms with Crippen LogP contribution in [-0.2, 0) is 12.6 Å². The van der Waals surface area contributed by atoms with Crippen molar-refractivity contribution < 1.29 is 23.1 Å². The normalized spacial score (nSPS) is 16.9. The topological polar surface area (TPSA) is 64.6 Å². The maximum atomic E-state index is 12.5. The molecule has 0 radical (unpaired) electrons. The van der Waals surface area contributed by atoms with Gasteiger partial charge in [0.2, 0.25) is 0 Å². The van der Waals surface area contributed by atoms with Gasteiger partial charge >= 0.3 is 12.2 Å². The van der Waals surface area contributed by atoms with Crippen molar-refractivity contribution in [2.45, 2.75) is 38.0 Å². The minimum atomic E-state index is -4.34. The molecule has 2 rings (SSSR count). The number of carbonyl (C=O) groups is 1. The second-order valence-electron chi connectivity index (χ2n) is 6.60. The molecule has 0 aromatic heterocycles. The highest BCUT2D eigenvalue weighted by Gasteiger charge is 2.29. The fraction of sp³-hybridized carbons (Fsp3) is 0.611. The molecule has 1 heterocycles. The van der Waals surface area contributed by atoms with E-state index in [0.29, 0.717) is 25.1 Å². The van der Waals surface area contributed by atoms with E-state index in [0.717, 1.165) is 38.1 Å². The van der Waals surface area contributed by atoms with Crippen molar-refractivity contribution in [1.29, 1.82) is 0 Å². The summed E-state index contributed by atoms with van der Waals surface area (Å²) >= 11 is 0. The molecule has 1 fully saturated rings. The molecule has 0 unspecified atom stereocenters. The first-order chi connectivity index (χ1) is 12.3. The van der Waals surface area contributed by atoms with Crippen LogP contribution < -0.4 is 10.6 Å². The smallest absolute Gasteiger partial charge is 0.390 e. The monoisotopic (exact) mass is 373 g/mol. The van der Waals surface area contributed by atoms with E-state index in [1.54, 1.807) is 0 Å². The molecule has 1 aliphatic rings. The third kappa shape index (κ3) is 7.21. The van der Waals surface area contributed by atoms with Gasteiger partial charge in [0.05, 0.1) is 11.7 Å². The molecule has 1 aromatic rings. The van der Waals surface area contributed by atoms with Gasteiger partial charge in [-0.1, -0.05) is 18.6 Å². The second-order valence-corrected chi connectivity index (χ2v) is 6.60. The summed E-state index contributed by atoms with van der Waals surface area (Å²) in [4.78, 5) is 13.9. The van der Waals surface area contributed by atoms with Gasteiger partial charge in [-0.2, -0.15) is 13.2 Å². The lowest BCUT2D eigenvalue weighted by Crippen LogP contribution is -2.45. The summed E-state index contributed by atoms with van der Waals surface area (Å²) < 4.78 is 37.5. The van der Waals surface area contributed by atoms with Crippen LogP contribution in [-0.4, -0.2) is 54.9 Å². The first-order valence-electron chi connectivity index (χ1n) is 8.93. The maximum Gasteiger partial charge on any atom is 0.416 e. The number of nitrogens with zero attached hydrogens (tertiary/aromatic N) is 1. The third-order valence-corrected chi connectivity index (χ3v) is 4.40. The largest absolute Gasteiger partial charge is 0.416 e. The molecule has 5 nitrogen and oxygen atoms in total. The summed E-state index contributed by atoms with van der Waals surface area (Å²) in [6, 6.07) is 4.49. The Morgan fingerprint density at radius 2 is 1.77 bits per heavy atom. The molecule has 2 amide bonds. The van der Waals surface area contributed by atoms with Crippen LogP contribution in [0.3, 0.4) is 0 Å². The number of alkyl halides is 3. The van der Waals surface area contributed by atoms with Crippen LogP contribution in [0.15, 0.2) is 24.3 Å². The van der Waals surface area contributed by atoms with Crippen molar-refractivity contribution in [3.8, 4) is 0 Å². The van der Waals surface area contributed by atoms with Crippen molar-refractivity contribution in [3.05, 3.63) is 35.4 Å². The van der Waals surface area contributed by atoms with Gasteiger partial charge in [0, 0.05) is 19.6 Å². The number of rotatable bonds is 7. The molecule has 1 saturated heterocycles. The SMILES string of the molecule is O=C(NCCc1ccc(C(F)(F)F)cc1)NC[C@H](O)CN1CCCCC1. The number of piperidine rings is 1. The molecule has 0 spiro atoms. The Bertz CT molecular complexity index is 558. The average molecular weight is 373 g/mol. The Kier molecular flexibility index (Phi) is 7.71. The van der Waals surface area contributed by atoms with Crippen molar-refractivity contribution >= 4 is 6.03 Å². The standard InChI is InChI=1S/C18H26F3N3O2/c19-18(20,21)15-6-4-14(5-7-15)8-9-22-17(26)23-12-16(25)13-24-10-2-1-3-11-24/h4-7,16,25H,1-3,8-13H2,(H2,22,23,26)/t16-/m0/s1. The molecule has 0 aliphatic carbocycles. The molecule has 0 saturated carbocycles. The van der Waals surface area contributed by atoms with Crippen LogP contribution in [0.25, 0.3) is 0 Å². The Morgan fingerprint density at radius 3 is 2.38 bits per heavy atom. The minimum absolute atomic E-state index is 0.169. The predicted octanol–water partition coefficient (Wildman–Crippen LogP) is 2.39. The van der Waals surface area contributed by atoms with E-state index in [1.807, 2.05) is 0 Å². The number of β-amino-alcohol motifs (C(OH)–C–C–N with tert-alkyl or cyclic N) is 1. The van der Waals surface area contributed by atoms with E-state index in [4.69, 9.17) is 0 Å². The van der Waals surface area contributed by atoms with Gasteiger partial charge in [-0.25, -0.2) is 4.79 Å². The van der Waals surface area contributed by atoms with E-state index in [1.165, 1.54) is 18.6 Å². The number of hydrogen-bond acceptors (Lipinski definition) is 3. The van der Waals surface area contributed by atoms with Crippen molar-refractivity contribution in [2.75, 3.05) is 32.7 Å². The maximum absolute atomic E-state index is 12.5. The molecular formula is C18H26F3N3O2. The number of amides is 2.